The maximum atomic E-state index is 9.00. The van der Waals surface area contributed by atoms with Crippen molar-refractivity contribution in [3.05, 3.63) is 68.2 Å². The molecule has 4 aromatic rings. The fraction of sp³-hybridized carbons (Fsp3) is 0.280. The molecule has 4 heterocycles. The van der Waals surface area contributed by atoms with Crippen LogP contribution in [0, 0.1) is 36.5 Å². The quantitative estimate of drug-likeness (QED) is 0.205. The van der Waals surface area contributed by atoms with Gasteiger partial charge in [0, 0.05) is 23.5 Å². The third-order valence-corrected chi connectivity index (χ3v) is 5.82. The minimum Gasteiger partial charge on any atom is -0.323 e. The minimum absolute atomic E-state index is 0.199. The van der Waals surface area contributed by atoms with Crippen molar-refractivity contribution >= 4 is 46.5 Å². The van der Waals surface area contributed by atoms with E-state index in [2.05, 4.69) is 60.9 Å². The molecule has 4 N–H and O–H groups in total. The van der Waals surface area contributed by atoms with Crippen molar-refractivity contribution in [2.45, 2.75) is 47.0 Å². The monoisotopic (exact) mass is 536 g/mol. The van der Waals surface area contributed by atoms with Gasteiger partial charge < -0.3 is 10.6 Å². The van der Waals surface area contributed by atoms with Gasteiger partial charge in [0.25, 0.3) is 0 Å². The predicted molar refractivity (Wildman–Crippen MR) is 145 cm³/mol. The Balaban J connectivity index is 0.000000206. The molecular formula is C25H26Cl2N10. The van der Waals surface area contributed by atoms with E-state index in [1.165, 1.54) is 0 Å². The van der Waals surface area contributed by atoms with E-state index in [1.54, 1.807) is 6.07 Å². The van der Waals surface area contributed by atoms with E-state index in [4.69, 9.17) is 33.7 Å². The number of aromatic amines is 2. The molecule has 10 nitrogen and oxygen atoms in total. The van der Waals surface area contributed by atoms with E-state index in [9.17, 15) is 0 Å². The molecule has 0 aromatic carbocycles. The second-order valence-electron chi connectivity index (χ2n) is 8.45. The van der Waals surface area contributed by atoms with Gasteiger partial charge in [0.15, 0.2) is 11.6 Å². The van der Waals surface area contributed by atoms with Crippen molar-refractivity contribution in [1.82, 2.24) is 30.4 Å². The molecule has 0 saturated carbocycles. The van der Waals surface area contributed by atoms with Crippen LogP contribution < -0.4 is 10.6 Å². The fourth-order valence-electron chi connectivity index (χ4n) is 3.30. The third kappa shape index (κ3) is 6.98. The molecule has 4 rings (SSSR count). The number of H-pyrrole nitrogens is 2. The molecule has 0 radical (unpaired) electrons. The lowest BCUT2D eigenvalue weighted by molar-refractivity contribution is 0.811. The molecule has 0 saturated heterocycles. The normalized spacial score (nSPS) is 10.3. The number of nitrogens with one attached hydrogen (secondary N) is 4. The zero-order valence-corrected chi connectivity index (χ0v) is 22.5. The molecular weight excluding hydrogens is 511 g/mol. The summed E-state index contributed by atoms with van der Waals surface area (Å²) in [6.07, 6.45) is 0.722. The van der Waals surface area contributed by atoms with Gasteiger partial charge in [-0.15, -0.1) is 0 Å². The highest BCUT2D eigenvalue weighted by Crippen LogP contribution is 2.24. The fourth-order valence-corrected chi connectivity index (χ4v) is 3.83. The number of aryl methyl sites for hydroxylation is 3. The van der Waals surface area contributed by atoms with Crippen molar-refractivity contribution in [3.63, 3.8) is 0 Å². The molecule has 0 aliphatic carbocycles. The number of nitriles is 2. The molecule has 0 atom stereocenters. The summed E-state index contributed by atoms with van der Waals surface area (Å²) in [6, 6.07) is 11.5. The highest BCUT2D eigenvalue weighted by atomic mass is 35.5. The highest BCUT2D eigenvalue weighted by molar-refractivity contribution is 6.31. The lowest BCUT2D eigenvalue weighted by atomic mass is 10.1. The highest BCUT2D eigenvalue weighted by Gasteiger charge is 2.11. The van der Waals surface area contributed by atoms with Crippen LogP contribution in [0.2, 0.25) is 10.3 Å². The van der Waals surface area contributed by atoms with E-state index >= 15 is 0 Å². The minimum atomic E-state index is 0.199. The van der Waals surface area contributed by atoms with Crippen LogP contribution in [0.1, 0.15) is 60.3 Å². The van der Waals surface area contributed by atoms with Gasteiger partial charge in [0.1, 0.15) is 34.1 Å². The Morgan fingerprint density at radius 3 is 1.89 bits per heavy atom. The van der Waals surface area contributed by atoms with Crippen LogP contribution in [0.4, 0.5) is 23.3 Å². The molecule has 37 heavy (non-hydrogen) atoms. The average molecular weight is 537 g/mol. The zero-order chi connectivity index (χ0) is 27.1. The summed E-state index contributed by atoms with van der Waals surface area (Å²) in [6.45, 7) is 9.86. The van der Waals surface area contributed by atoms with Gasteiger partial charge in [0.2, 0.25) is 0 Å². The Bertz CT molecular complexity index is 1450. The first-order valence-electron chi connectivity index (χ1n) is 11.4. The molecule has 0 amide bonds. The molecule has 0 spiro atoms. The van der Waals surface area contributed by atoms with Crippen molar-refractivity contribution in [3.8, 4) is 12.1 Å². The second kappa shape index (κ2) is 12.2. The van der Waals surface area contributed by atoms with E-state index in [0.29, 0.717) is 40.3 Å². The Hall–Kier alpha value is -4.12. The smallest absolute Gasteiger partial charge is 0.153 e. The maximum absolute atomic E-state index is 9.00. The van der Waals surface area contributed by atoms with Gasteiger partial charge in [-0.3, -0.25) is 10.2 Å². The first kappa shape index (κ1) is 27.5. The molecule has 12 heteroatoms. The average Bonchev–Trinajstić information content (AvgIpc) is 3.48. The summed E-state index contributed by atoms with van der Waals surface area (Å²) in [4.78, 5) is 8.27. The SMILES string of the molecule is CCc1cc(Nc2cc(C)[nH]n2)nc(Cl)c1C#N.Cc1cc(Nc2cc(C(C)C)[nH]n2)nc(Cl)c1C#N. The number of anilines is 4. The van der Waals surface area contributed by atoms with Crippen molar-refractivity contribution in [1.29, 1.82) is 10.5 Å². The van der Waals surface area contributed by atoms with E-state index in [-0.39, 0.29) is 10.3 Å². The predicted octanol–water partition coefficient (Wildman–Crippen LogP) is 6.45. The van der Waals surface area contributed by atoms with Gasteiger partial charge in [0.05, 0.1) is 11.1 Å². The second-order valence-corrected chi connectivity index (χ2v) is 9.17. The van der Waals surface area contributed by atoms with Crippen LogP contribution in [0.15, 0.2) is 24.3 Å². The summed E-state index contributed by atoms with van der Waals surface area (Å²) in [5, 5.41) is 38.4. The van der Waals surface area contributed by atoms with Crippen LogP contribution in [-0.4, -0.2) is 30.4 Å². The van der Waals surface area contributed by atoms with Crippen LogP contribution in [0.3, 0.4) is 0 Å². The van der Waals surface area contributed by atoms with E-state index < -0.39 is 0 Å². The Kier molecular flexibility index (Phi) is 9.07. The summed E-state index contributed by atoms with van der Waals surface area (Å²) in [7, 11) is 0. The van der Waals surface area contributed by atoms with Crippen molar-refractivity contribution in [2.24, 2.45) is 0 Å². The molecule has 190 valence electrons. The summed E-state index contributed by atoms with van der Waals surface area (Å²) in [5.41, 5.74) is 4.48. The third-order valence-electron chi connectivity index (χ3n) is 5.27. The van der Waals surface area contributed by atoms with Gasteiger partial charge in [-0.25, -0.2) is 9.97 Å². The summed E-state index contributed by atoms with van der Waals surface area (Å²) >= 11 is 11.9. The molecule has 0 aliphatic heterocycles. The van der Waals surface area contributed by atoms with Crippen LogP contribution in [0.5, 0.6) is 0 Å². The number of hydrogen-bond donors (Lipinski definition) is 4. The number of pyridine rings is 2. The van der Waals surface area contributed by atoms with Crippen molar-refractivity contribution in [2.75, 3.05) is 10.6 Å². The first-order valence-corrected chi connectivity index (χ1v) is 12.2. The Labute approximate surface area is 225 Å². The maximum Gasteiger partial charge on any atom is 0.153 e. The van der Waals surface area contributed by atoms with Crippen LogP contribution >= 0.6 is 23.2 Å². The summed E-state index contributed by atoms with van der Waals surface area (Å²) < 4.78 is 0. The number of rotatable bonds is 6. The topological polar surface area (TPSA) is 155 Å². The molecule has 0 bridgehead atoms. The number of hydrogen-bond acceptors (Lipinski definition) is 8. The Morgan fingerprint density at radius 2 is 1.41 bits per heavy atom. The van der Waals surface area contributed by atoms with E-state index in [0.717, 1.165) is 28.9 Å². The van der Waals surface area contributed by atoms with E-state index in [1.807, 2.05) is 45.0 Å². The standard InChI is InChI=1S/C13H14ClN5.C12H12ClN5/c1-7(2)10-5-12(19-18-10)16-11-4-8(3)9(6-15)13(14)17-11;1-3-8-5-10(16-12(13)9(8)6-14)15-11-4-7(2)17-18-11/h4-5,7H,1-3H3,(H2,16,17,18,19);4-5H,3H2,1-2H3,(H2,15,16,17,18). The van der Waals surface area contributed by atoms with Crippen LogP contribution in [0.25, 0.3) is 0 Å². The number of aromatic nitrogens is 6. The first-order chi connectivity index (χ1) is 17.6. The van der Waals surface area contributed by atoms with Gasteiger partial charge in [-0.2, -0.15) is 20.7 Å². The lowest BCUT2D eigenvalue weighted by Gasteiger charge is -2.07. The van der Waals surface area contributed by atoms with Gasteiger partial charge >= 0.3 is 0 Å². The summed E-state index contributed by atoms with van der Waals surface area (Å²) in [5.74, 6) is 2.88. The number of nitrogens with zero attached hydrogens (tertiary/aromatic N) is 6. The largest absolute Gasteiger partial charge is 0.323 e. The lowest BCUT2D eigenvalue weighted by Crippen LogP contribution is -1.99. The Morgan fingerprint density at radius 1 is 0.838 bits per heavy atom. The molecule has 4 aromatic heterocycles. The number of halogens is 2. The van der Waals surface area contributed by atoms with Crippen LogP contribution in [-0.2, 0) is 6.42 Å². The molecule has 0 fully saturated rings. The zero-order valence-electron chi connectivity index (χ0n) is 21.0. The molecule has 0 unspecified atom stereocenters. The van der Waals surface area contributed by atoms with Gasteiger partial charge in [-0.1, -0.05) is 44.0 Å². The van der Waals surface area contributed by atoms with Gasteiger partial charge in [-0.05, 0) is 49.4 Å². The molecule has 0 aliphatic rings. The van der Waals surface area contributed by atoms with Crippen molar-refractivity contribution < 1.29 is 0 Å².